The third-order valence-corrected chi connectivity index (χ3v) is 7.80. The molecule has 5 rings (SSSR count). The van der Waals surface area contributed by atoms with Crippen LogP contribution in [0.25, 0.3) is 0 Å². The van der Waals surface area contributed by atoms with Gasteiger partial charge in [0, 0.05) is 11.1 Å². The summed E-state index contributed by atoms with van der Waals surface area (Å²) in [5, 5.41) is 3.71. The van der Waals surface area contributed by atoms with Gasteiger partial charge in [0.25, 0.3) is 5.91 Å². The number of nitrogens with zero attached hydrogens (tertiary/aromatic N) is 1. The van der Waals surface area contributed by atoms with Crippen molar-refractivity contribution in [2.24, 2.45) is 4.99 Å². The average Bonchev–Trinajstić information content (AvgIpc) is 3.54. The number of ether oxygens (including phenoxy) is 1. The van der Waals surface area contributed by atoms with Gasteiger partial charge in [0.2, 0.25) is 0 Å². The van der Waals surface area contributed by atoms with Gasteiger partial charge in [0.1, 0.15) is 28.9 Å². The molecular formula is C28H24BrFN2O3S. The molecule has 0 saturated heterocycles. The van der Waals surface area contributed by atoms with Crippen LogP contribution < -0.4 is 10.1 Å². The molecular weight excluding hydrogens is 543 g/mol. The number of halogens is 2. The molecule has 1 N–H and O–H groups in total. The fourth-order valence-electron chi connectivity index (χ4n) is 4.13. The van der Waals surface area contributed by atoms with Gasteiger partial charge in [-0.3, -0.25) is 4.79 Å². The highest BCUT2D eigenvalue weighted by molar-refractivity contribution is 9.10. The smallest absolute Gasteiger partial charge is 0.255 e. The minimum atomic E-state index is -0.270. The second-order valence-electron chi connectivity index (χ2n) is 8.52. The Bertz CT molecular complexity index is 1380. The van der Waals surface area contributed by atoms with Gasteiger partial charge in [0.15, 0.2) is 0 Å². The maximum Gasteiger partial charge on any atom is 0.255 e. The normalized spacial score (nSPS) is 13.1. The van der Waals surface area contributed by atoms with Crippen LogP contribution in [0.5, 0.6) is 5.75 Å². The zero-order valence-electron chi connectivity index (χ0n) is 19.4. The van der Waals surface area contributed by atoms with Crippen LogP contribution in [0.15, 0.2) is 74.7 Å². The van der Waals surface area contributed by atoms with Gasteiger partial charge in [-0.1, -0.05) is 12.1 Å². The molecule has 1 amide bonds. The highest BCUT2D eigenvalue weighted by Gasteiger charge is 2.25. The van der Waals surface area contributed by atoms with Crippen molar-refractivity contribution in [2.75, 3.05) is 0 Å². The van der Waals surface area contributed by atoms with Gasteiger partial charge < -0.3 is 14.5 Å². The lowest BCUT2D eigenvalue weighted by Crippen LogP contribution is -2.23. The lowest BCUT2D eigenvalue weighted by molar-refractivity contribution is 0.0948. The number of carbonyl (C=O) groups is 1. The molecule has 2 heterocycles. The van der Waals surface area contributed by atoms with E-state index in [0.717, 1.165) is 51.8 Å². The van der Waals surface area contributed by atoms with Crippen molar-refractivity contribution in [3.05, 3.63) is 104 Å². The summed E-state index contributed by atoms with van der Waals surface area (Å²) >= 11 is 5.17. The first-order chi connectivity index (χ1) is 17.6. The molecule has 0 aliphatic heterocycles. The Kier molecular flexibility index (Phi) is 7.63. The van der Waals surface area contributed by atoms with Crippen LogP contribution in [-0.4, -0.2) is 12.1 Å². The van der Waals surface area contributed by atoms with E-state index in [4.69, 9.17) is 14.1 Å². The lowest BCUT2D eigenvalue weighted by atomic mass is 9.95. The molecule has 5 nitrogen and oxygen atoms in total. The number of aliphatic imine (C=N–C) groups is 1. The molecule has 0 spiro atoms. The molecule has 4 aromatic rings. The predicted molar refractivity (Wildman–Crippen MR) is 143 cm³/mol. The lowest BCUT2D eigenvalue weighted by Gasteiger charge is -2.12. The number of rotatable bonds is 8. The van der Waals surface area contributed by atoms with E-state index in [1.54, 1.807) is 42.0 Å². The summed E-state index contributed by atoms with van der Waals surface area (Å²) in [6, 6.07) is 15.6. The summed E-state index contributed by atoms with van der Waals surface area (Å²) in [6.45, 7) is 0.676. The Morgan fingerprint density at radius 2 is 2.00 bits per heavy atom. The van der Waals surface area contributed by atoms with E-state index in [9.17, 15) is 9.18 Å². The SMILES string of the molecule is O=C(NCc1ccco1)c1c(N=Cc2ccc(OCc3ccc(F)cc3)c(Br)c2)sc2c1CCCC2. The molecule has 0 saturated carbocycles. The zero-order chi connectivity index (χ0) is 24.9. The third-order valence-electron chi connectivity index (χ3n) is 5.98. The van der Waals surface area contributed by atoms with E-state index in [-0.39, 0.29) is 11.7 Å². The number of thiophene rings is 1. The van der Waals surface area contributed by atoms with Crippen molar-refractivity contribution < 1.29 is 18.3 Å². The molecule has 2 aromatic carbocycles. The standard InChI is InChI=1S/C28H24BrFN2O3S/c29-23-14-19(9-12-24(23)35-17-18-7-10-20(30)11-8-18)15-32-28-26(22-5-1-2-6-25(22)36-28)27(33)31-16-21-4-3-13-34-21/h3-4,7-15H,1-2,5-6,16-17H2,(H,31,33). The van der Waals surface area contributed by atoms with Crippen LogP contribution in [0, 0.1) is 5.82 Å². The minimum Gasteiger partial charge on any atom is -0.488 e. The number of amides is 1. The summed E-state index contributed by atoms with van der Waals surface area (Å²) in [7, 11) is 0. The summed E-state index contributed by atoms with van der Waals surface area (Å²) in [4.78, 5) is 19.1. The van der Waals surface area contributed by atoms with Gasteiger partial charge in [-0.05, 0) is 101 Å². The Morgan fingerprint density at radius 1 is 1.17 bits per heavy atom. The number of hydrogen-bond acceptors (Lipinski definition) is 5. The van der Waals surface area contributed by atoms with Crippen LogP contribution in [-0.2, 0) is 26.0 Å². The summed E-state index contributed by atoms with van der Waals surface area (Å²) in [5.74, 6) is 1.00. The monoisotopic (exact) mass is 566 g/mol. The largest absolute Gasteiger partial charge is 0.488 e. The maximum atomic E-state index is 13.1. The van der Waals surface area contributed by atoms with Gasteiger partial charge in [-0.15, -0.1) is 11.3 Å². The number of fused-ring (bicyclic) bond motifs is 1. The Hall–Kier alpha value is -3.23. The summed E-state index contributed by atoms with van der Waals surface area (Å²) in [5.41, 5.74) is 3.56. The fraction of sp³-hybridized carbons (Fsp3) is 0.214. The summed E-state index contributed by atoms with van der Waals surface area (Å²) < 4.78 is 25.1. The number of nitrogens with one attached hydrogen (secondary N) is 1. The highest BCUT2D eigenvalue weighted by Crippen LogP contribution is 2.40. The van der Waals surface area contributed by atoms with Crippen LogP contribution >= 0.6 is 27.3 Å². The molecule has 184 valence electrons. The predicted octanol–water partition coefficient (Wildman–Crippen LogP) is 7.38. The first kappa shape index (κ1) is 24.5. The first-order valence-electron chi connectivity index (χ1n) is 11.7. The zero-order valence-corrected chi connectivity index (χ0v) is 21.8. The number of benzene rings is 2. The van der Waals surface area contributed by atoms with E-state index < -0.39 is 0 Å². The fourth-order valence-corrected chi connectivity index (χ4v) is 5.88. The maximum absolute atomic E-state index is 13.1. The molecule has 0 unspecified atom stereocenters. The van der Waals surface area contributed by atoms with Crippen LogP contribution in [0.3, 0.4) is 0 Å². The van der Waals surface area contributed by atoms with Gasteiger partial charge in [-0.25, -0.2) is 9.38 Å². The van der Waals surface area contributed by atoms with Crippen molar-refractivity contribution in [3.63, 3.8) is 0 Å². The second kappa shape index (κ2) is 11.2. The minimum absolute atomic E-state index is 0.122. The van der Waals surface area contributed by atoms with E-state index in [1.807, 2.05) is 24.3 Å². The highest BCUT2D eigenvalue weighted by atomic mass is 79.9. The van der Waals surface area contributed by atoms with Crippen LogP contribution in [0.4, 0.5) is 9.39 Å². The molecule has 1 aliphatic rings. The molecule has 8 heteroatoms. The van der Waals surface area contributed by atoms with Gasteiger partial charge in [0.05, 0.1) is 22.8 Å². The molecule has 2 aromatic heterocycles. The Labute approximate surface area is 221 Å². The van der Waals surface area contributed by atoms with Crippen molar-refractivity contribution in [1.29, 1.82) is 0 Å². The number of hydrogen-bond donors (Lipinski definition) is 1. The Balaban J connectivity index is 1.31. The van der Waals surface area contributed by atoms with Crippen molar-refractivity contribution in [3.8, 4) is 5.75 Å². The molecule has 0 fully saturated rings. The molecule has 0 radical (unpaired) electrons. The van der Waals surface area contributed by atoms with Crippen LogP contribution in [0.1, 0.15) is 50.5 Å². The number of furan rings is 1. The number of aryl methyl sites for hydroxylation is 1. The number of carbonyl (C=O) groups excluding carboxylic acids is 1. The van der Waals surface area contributed by atoms with E-state index in [1.165, 1.54) is 17.0 Å². The van der Waals surface area contributed by atoms with E-state index >= 15 is 0 Å². The van der Waals surface area contributed by atoms with E-state index in [0.29, 0.717) is 30.2 Å². The third kappa shape index (κ3) is 5.77. The average molecular weight is 567 g/mol. The Morgan fingerprint density at radius 3 is 2.78 bits per heavy atom. The topological polar surface area (TPSA) is 63.8 Å². The molecule has 1 aliphatic carbocycles. The molecule has 0 atom stereocenters. The quantitative estimate of drug-likeness (QED) is 0.226. The second-order valence-corrected chi connectivity index (χ2v) is 10.5. The summed E-state index contributed by atoms with van der Waals surface area (Å²) in [6.07, 6.45) is 7.47. The molecule has 36 heavy (non-hydrogen) atoms. The van der Waals surface area contributed by atoms with Crippen LogP contribution in [0.2, 0.25) is 0 Å². The van der Waals surface area contributed by atoms with Crippen molar-refractivity contribution in [1.82, 2.24) is 5.32 Å². The first-order valence-corrected chi connectivity index (χ1v) is 13.3. The molecule has 0 bridgehead atoms. The van der Waals surface area contributed by atoms with E-state index in [2.05, 4.69) is 21.2 Å². The van der Waals surface area contributed by atoms with Crippen molar-refractivity contribution >= 4 is 44.4 Å². The van der Waals surface area contributed by atoms with Gasteiger partial charge >= 0.3 is 0 Å². The van der Waals surface area contributed by atoms with Gasteiger partial charge in [-0.2, -0.15) is 0 Å². The van der Waals surface area contributed by atoms with Crippen molar-refractivity contribution in [2.45, 2.75) is 38.8 Å².